The van der Waals surface area contributed by atoms with Crippen LogP contribution in [-0.4, -0.2) is 24.1 Å². The molecule has 0 atom stereocenters. The minimum absolute atomic E-state index is 0.154. The Morgan fingerprint density at radius 3 is 2.54 bits per heavy atom. The third-order valence-electron chi connectivity index (χ3n) is 6.66. The molecule has 0 radical (unpaired) electrons. The zero-order valence-electron chi connectivity index (χ0n) is 20.5. The highest BCUT2D eigenvalue weighted by Crippen LogP contribution is 2.47. The number of rotatable bonds is 5. The van der Waals surface area contributed by atoms with E-state index in [-0.39, 0.29) is 23.8 Å². The van der Waals surface area contributed by atoms with Crippen molar-refractivity contribution in [1.82, 2.24) is 0 Å². The average molecular weight is 544 g/mol. The number of esters is 1. The number of nitrogens with one attached hydrogen (secondary N) is 1. The van der Waals surface area contributed by atoms with Crippen molar-refractivity contribution >= 4 is 39.1 Å². The lowest BCUT2D eigenvalue weighted by molar-refractivity contribution is 0.0521. The Balaban J connectivity index is 1.62. The predicted molar refractivity (Wildman–Crippen MR) is 138 cm³/mol. The SMILES string of the molecule is CCOC(=O)c1ccc(NC(=O)c2cc(Br)c3c(c2)C([C@H]2CC[C@H](C)CC2)=CC(C)(C)O3)cc1F. The van der Waals surface area contributed by atoms with Gasteiger partial charge in [0.2, 0.25) is 0 Å². The van der Waals surface area contributed by atoms with Crippen molar-refractivity contribution in [1.29, 1.82) is 0 Å². The number of carbonyl (C=O) groups is 2. The van der Waals surface area contributed by atoms with E-state index in [0.717, 1.165) is 36.1 Å². The van der Waals surface area contributed by atoms with E-state index < -0.39 is 17.4 Å². The molecule has 2 aromatic rings. The van der Waals surface area contributed by atoms with Gasteiger partial charge in [-0.25, -0.2) is 9.18 Å². The minimum Gasteiger partial charge on any atom is -0.482 e. The second-order valence-corrected chi connectivity index (χ2v) is 10.8. The molecule has 5 nitrogen and oxygen atoms in total. The summed E-state index contributed by atoms with van der Waals surface area (Å²) in [7, 11) is 0. The summed E-state index contributed by atoms with van der Waals surface area (Å²) in [4.78, 5) is 25.0. The lowest BCUT2D eigenvalue weighted by atomic mass is 9.75. The van der Waals surface area contributed by atoms with Gasteiger partial charge in [0.05, 0.1) is 16.6 Å². The maximum atomic E-state index is 14.4. The Morgan fingerprint density at radius 1 is 1.17 bits per heavy atom. The van der Waals surface area contributed by atoms with Crippen LogP contribution in [-0.2, 0) is 4.74 Å². The molecule has 0 bridgehead atoms. The molecule has 0 aromatic heterocycles. The zero-order valence-corrected chi connectivity index (χ0v) is 22.1. The van der Waals surface area contributed by atoms with Gasteiger partial charge in [-0.05, 0) is 103 Å². The molecule has 1 aliphatic carbocycles. The maximum absolute atomic E-state index is 14.4. The van der Waals surface area contributed by atoms with Crippen LogP contribution >= 0.6 is 15.9 Å². The van der Waals surface area contributed by atoms with Crippen LogP contribution in [0, 0.1) is 17.7 Å². The Morgan fingerprint density at radius 2 is 1.89 bits per heavy atom. The van der Waals surface area contributed by atoms with Crippen molar-refractivity contribution in [2.24, 2.45) is 11.8 Å². The number of amides is 1. The summed E-state index contributed by atoms with van der Waals surface area (Å²) in [5, 5.41) is 2.74. The van der Waals surface area contributed by atoms with Crippen molar-refractivity contribution in [2.75, 3.05) is 11.9 Å². The minimum atomic E-state index is -0.750. The summed E-state index contributed by atoms with van der Waals surface area (Å²) in [5.74, 6) is 0.0355. The van der Waals surface area contributed by atoms with Crippen LogP contribution in [0.4, 0.5) is 10.1 Å². The van der Waals surface area contributed by atoms with E-state index in [9.17, 15) is 14.0 Å². The molecule has 1 N–H and O–H groups in total. The summed E-state index contributed by atoms with van der Waals surface area (Å²) < 4.78 is 26.3. The number of hydrogen-bond acceptors (Lipinski definition) is 4. The van der Waals surface area contributed by atoms with Gasteiger partial charge in [-0.2, -0.15) is 0 Å². The number of halogens is 2. The molecule has 2 aliphatic rings. The standard InChI is InChI=1S/C28H31BrFNO4/c1-5-34-27(33)20-11-10-19(14-24(20)30)31-26(32)18-12-21-22(17-8-6-16(2)7-9-17)15-28(3,4)35-25(21)23(29)13-18/h10-17H,5-9H2,1-4H3,(H,31,32)/t16-,17-. The Bertz CT molecular complexity index is 1180. The van der Waals surface area contributed by atoms with E-state index >= 15 is 0 Å². The van der Waals surface area contributed by atoms with E-state index in [2.05, 4.69) is 34.2 Å². The molecule has 35 heavy (non-hydrogen) atoms. The molecule has 4 rings (SSSR count). The second-order valence-electron chi connectivity index (χ2n) is 9.97. The molecule has 0 unspecified atom stereocenters. The molecule has 1 amide bonds. The fraction of sp³-hybridized carbons (Fsp3) is 0.429. The van der Waals surface area contributed by atoms with Crippen molar-refractivity contribution < 1.29 is 23.5 Å². The molecule has 1 heterocycles. The highest BCUT2D eigenvalue weighted by molar-refractivity contribution is 9.10. The van der Waals surface area contributed by atoms with Crippen LogP contribution in [0.1, 0.15) is 79.7 Å². The summed E-state index contributed by atoms with van der Waals surface area (Å²) in [6.07, 6.45) is 6.79. The number of benzene rings is 2. The average Bonchev–Trinajstić information content (AvgIpc) is 2.79. The highest BCUT2D eigenvalue weighted by atomic mass is 79.9. The van der Waals surface area contributed by atoms with Crippen LogP contribution in [0.2, 0.25) is 0 Å². The number of hydrogen-bond donors (Lipinski definition) is 1. The third kappa shape index (κ3) is 5.61. The molecule has 7 heteroatoms. The predicted octanol–water partition coefficient (Wildman–Crippen LogP) is 7.40. The molecular weight excluding hydrogens is 513 g/mol. The Labute approximate surface area is 214 Å². The van der Waals surface area contributed by atoms with Crippen LogP contribution in [0.3, 0.4) is 0 Å². The number of allylic oxidation sites excluding steroid dienone is 1. The summed E-state index contributed by atoms with van der Waals surface area (Å²) in [6.45, 7) is 8.20. The topological polar surface area (TPSA) is 64.6 Å². The van der Waals surface area contributed by atoms with Crippen molar-refractivity contribution in [2.45, 2.75) is 59.0 Å². The van der Waals surface area contributed by atoms with Crippen LogP contribution in [0.25, 0.3) is 5.57 Å². The first-order valence-electron chi connectivity index (χ1n) is 12.1. The quantitative estimate of drug-likeness (QED) is 0.399. The number of anilines is 1. The van der Waals surface area contributed by atoms with Crippen LogP contribution < -0.4 is 10.1 Å². The monoisotopic (exact) mass is 543 g/mol. The van der Waals surface area contributed by atoms with Crippen molar-refractivity contribution in [3.8, 4) is 5.75 Å². The molecule has 2 aromatic carbocycles. The fourth-order valence-electron chi connectivity index (χ4n) is 4.87. The summed E-state index contributed by atoms with van der Waals surface area (Å²) in [6, 6.07) is 7.50. The number of carbonyl (C=O) groups excluding carboxylic acids is 2. The van der Waals surface area contributed by atoms with Gasteiger partial charge in [0.15, 0.2) is 0 Å². The first kappa shape index (κ1) is 25.4. The van der Waals surface area contributed by atoms with Gasteiger partial charge < -0.3 is 14.8 Å². The maximum Gasteiger partial charge on any atom is 0.341 e. The lowest BCUT2D eigenvalue weighted by Gasteiger charge is -2.37. The summed E-state index contributed by atoms with van der Waals surface area (Å²) in [5.41, 5.74) is 2.22. The van der Waals surface area contributed by atoms with Crippen molar-refractivity contribution in [3.05, 3.63) is 63.4 Å². The van der Waals surface area contributed by atoms with Gasteiger partial charge in [0.25, 0.3) is 5.91 Å². The van der Waals surface area contributed by atoms with Gasteiger partial charge in [0, 0.05) is 16.8 Å². The molecule has 1 aliphatic heterocycles. The lowest BCUT2D eigenvalue weighted by Crippen LogP contribution is -2.31. The second kappa shape index (κ2) is 10.1. The highest BCUT2D eigenvalue weighted by Gasteiger charge is 2.33. The van der Waals surface area contributed by atoms with E-state index in [1.54, 1.807) is 13.0 Å². The fourth-order valence-corrected chi connectivity index (χ4v) is 5.41. The van der Waals surface area contributed by atoms with E-state index in [1.807, 2.05) is 19.9 Å². The molecule has 0 saturated heterocycles. The Hall–Kier alpha value is -2.67. The first-order chi connectivity index (χ1) is 16.6. The smallest absolute Gasteiger partial charge is 0.341 e. The third-order valence-corrected chi connectivity index (χ3v) is 7.25. The molecule has 1 fully saturated rings. The molecule has 1 saturated carbocycles. The van der Waals surface area contributed by atoms with E-state index in [1.165, 1.54) is 30.5 Å². The van der Waals surface area contributed by atoms with Crippen LogP contribution in [0.5, 0.6) is 5.75 Å². The molecular formula is C28H31BrFNO4. The summed E-state index contributed by atoms with van der Waals surface area (Å²) >= 11 is 3.61. The largest absolute Gasteiger partial charge is 0.482 e. The Kier molecular flexibility index (Phi) is 7.36. The first-order valence-corrected chi connectivity index (χ1v) is 12.9. The zero-order chi connectivity index (χ0) is 25.3. The van der Waals surface area contributed by atoms with Gasteiger partial charge in [-0.3, -0.25) is 4.79 Å². The molecule has 0 spiro atoms. The number of ether oxygens (including phenoxy) is 2. The van der Waals surface area contributed by atoms with Gasteiger partial charge in [0.1, 0.15) is 17.2 Å². The van der Waals surface area contributed by atoms with Gasteiger partial charge in [-0.15, -0.1) is 0 Å². The normalized spacial score (nSPS) is 20.8. The van der Waals surface area contributed by atoms with E-state index in [4.69, 9.17) is 9.47 Å². The van der Waals surface area contributed by atoms with Gasteiger partial charge in [-0.1, -0.05) is 19.8 Å². The molecule has 186 valence electrons. The van der Waals surface area contributed by atoms with Crippen molar-refractivity contribution in [3.63, 3.8) is 0 Å². The van der Waals surface area contributed by atoms with Gasteiger partial charge >= 0.3 is 5.97 Å². The van der Waals surface area contributed by atoms with Crippen LogP contribution in [0.15, 0.2) is 40.9 Å². The van der Waals surface area contributed by atoms with E-state index in [0.29, 0.717) is 16.0 Å². The number of fused-ring (bicyclic) bond motifs is 1.